The summed E-state index contributed by atoms with van der Waals surface area (Å²) in [5.74, 6) is 1.72. The fraction of sp³-hybridized carbons (Fsp3) is 0.179. The zero-order chi connectivity index (χ0) is 24.2. The Kier molecular flexibility index (Phi) is 4.60. The number of imidazole rings is 1. The number of carbonyl (C=O) groups excluding carboxylic acids is 1. The van der Waals surface area contributed by atoms with E-state index in [1.807, 2.05) is 53.7 Å². The van der Waals surface area contributed by atoms with Gasteiger partial charge in [-0.05, 0) is 43.2 Å². The van der Waals surface area contributed by atoms with Crippen molar-refractivity contribution in [1.82, 2.24) is 29.2 Å². The van der Waals surface area contributed by atoms with Crippen LogP contribution in [-0.4, -0.2) is 48.2 Å². The molecule has 0 bridgehead atoms. The third-order valence-electron chi connectivity index (χ3n) is 7.37. The first-order chi connectivity index (χ1) is 17.7. The van der Waals surface area contributed by atoms with Crippen LogP contribution in [0.4, 0.5) is 5.82 Å². The number of amides is 1. The van der Waals surface area contributed by atoms with Crippen molar-refractivity contribution >= 4 is 39.0 Å². The maximum atomic E-state index is 13.3. The maximum Gasteiger partial charge on any atom is 0.254 e. The molecule has 7 rings (SSSR count). The van der Waals surface area contributed by atoms with Crippen LogP contribution in [0.25, 0.3) is 38.7 Å². The molecule has 6 aromatic rings. The summed E-state index contributed by atoms with van der Waals surface area (Å²) < 4.78 is 2.08. The standard InChI is InChI=1S/C28H25N7O/c29-26-25-24(23-16-18-4-1-2-6-21(18)32-23)33-27(35(25)15-12-31-26)17-9-13-34(14-10-17)28(36)20-5-3-7-22-19(20)8-11-30-22/h1-8,11-12,15-17,30,32H,9-10,13-14H2,(H2,29,31). The number of anilines is 1. The lowest BCUT2D eigenvalue weighted by atomic mass is 9.95. The minimum absolute atomic E-state index is 0.0823. The number of aromatic nitrogens is 5. The molecule has 4 N–H and O–H groups in total. The van der Waals surface area contributed by atoms with Crippen LogP contribution in [0.15, 0.2) is 73.2 Å². The van der Waals surface area contributed by atoms with Crippen LogP contribution in [0.5, 0.6) is 0 Å². The van der Waals surface area contributed by atoms with Crippen LogP contribution < -0.4 is 5.73 Å². The number of rotatable bonds is 3. The van der Waals surface area contributed by atoms with Crippen LogP contribution in [0.1, 0.15) is 34.9 Å². The van der Waals surface area contributed by atoms with E-state index in [1.165, 1.54) is 0 Å². The summed E-state index contributed by atoms with van der Waals surface area (Å²) in [6.07, 6.45) is 7.20. The van der Waals surface area contributed by atoms with E-state index in [4.69, 9.17) is 10.7 Å². The fourth-order valence-electron chi connectivity index (χ4n) is 5.55. The van der Waals surface area contributed by atoms with Gasteiger partial charge in [-0.2, -0.15) is 0 Å². The fourth-order valence-corrected chi connectivity index (χ4v) is 5.55. The number of para-hydroxylation sites is 1. The summed E-state index contributed by atoms with van der Waals surface area (Å²) in [7, 11) is 0. The summed E-state index contributed by atoms with van der Waals surface area (Å²) in [5.41, 5.74) is 11.7. The molecule has 1 saturated heterocycles. The maximum absolute atomic E-state index is 13.3. The molecule has 1 aliphatic rings. The summed E-state index contributed by atoms with van der Waals surface area (Å²) >= 11 is 0. The summed E-state index contributed by atoms with van der Waals surface area (Å²) in [5, 5.41) is 2.09. The molecule has 0 atom stereocenters. The van der Waals surface area contributed by atoms with E-state index >= 15 is 0 Å². The van der Waals surface area contributed by atoms with Crippen molar-refractivity contribution in [3.8, 4) is 11.4 Å². The number of hydrogen-bond acceptors (Lipinski definition) is 4. The smallest absolute Gasteiger partial charge is 0.254 e. The number of nitrogens with two attached hydrogens (primary N) is 1. The van der Waals surface area contributed by atoms with E-state index in [-0.39, 0.29) is 11.8 Å². The van der Waals surface area contributed by atoms with Gasteiger partial charge in [-0.15, -0.1) is 0 Å². The van der Waals surface area contributed by atoms with E-state index in [0.717, 1.165) is 62.9 Å². The number of carbonyl (C=O) groups is 1. The minimum atomic E-state index is 0.0823. The van der Waals surface area contributed by atoms with Gasteiger partial charge in [0.1, 0.15) is 22.9 Å². The highest BCUT2D eigenvalue weighted by Gasteiger charge is 2.29. The second-order valence-corrected chi connectivity index (χ2v) is 9.43. The highest BCUT2D eigenvalue weighted by Crippen LogP contribution is 2.35. The van der Waals surface area contributed by atoms with E-state index in [0.29, 0.717) is 18.9 Å². The minimum Gasteiger partial charge on any atom is -0.382 e. The number of fused-ring (bicyclic) bond motifs is 3. The van der Waals surface area contributed by atoms with Gasteiger partial charge in [-0.3, -0.25) is 9.20 Å². The molecule has 1 fully saturated rings. The van der Waals surface area contributed by atoms with Crippen molar-refractivity contribution in [1.29, 1.82) is 0 Å². The second kappa shape index (κ2) is 7.98. The normalized spacial score (nSPS) is 14.8. The Bertz CT molecular complexity index is 1720. The molecule has 36 heavy (non-hydrogen) atoms. The van der Waals surface area contributed by atoms with Gasteiger partial charge in [-0.25, -0.2) is 9.97 Å². The number of H-pyrrole nitrogens is 2. The van der Waals surface area contributed by atoms with Crippen LogP contribution in [0.2, 0.25) is 0 Å². The quantitative estimate of drug-likeness (QED) is 0.336. The average molecular weight is 476 g/mol. The first kappa shape index (κ1) is 20.8. The summed E-state index contributed by atoms with van der Waals surface area (Å²) in [6.45, 7) is 1.36. The van der Waals surface area contributed by atoms with Crippen molar-refractivity contribution in [2.75, 3.05) is 18.8 Å². The monoisotopic (exact) mass is 475 g/mol. The Morgan fingerprint density at radius 2 is 1.86 bits per heavy atom. The Hall–Kier alpha value is -4.59. The van der Waals surface area contributed by atoms with Crippen LogP contribution in [-0.2, 0) is 0 Å². The largest absolute Gasteiger partial charge is 0.382 e. The first-order valence-electron chi connectivity index (χ1n) is 12.2. The Morgan fingerprint density at radius 3 is 2.72 bits per heavy atom. The molecule has 0 unspecified atom stereocenters. The average Bonchev–Trinajstić information content (AvgIpc) is 3.65. The number of benzene rings is 2. The van der Waals surface area contributed by atoms with Gasteiger partial charge in [0.15, 0.2) is 0 Å². The lowest BCUT2D eigenvalue weighted by Crippen LogP contribution is -2.38. The van der Waals surface area contributed by atoms with E-state index < -0.39 is 0 Å². The lowest BCUT2D eigenvalue weighted by Gasteiger charge is -2.31. The molecule has 178 valence electrons. The van der Waals surface area contributed by atoms with Gasteiger partial charge in [0, 0.05) is 65.0 Å². The molecule has 1 aliphatic heterocycles. The zero-order valence-corrected chi connectivity index (χ0v) is 19.6. The zero-order valence-electron chi connectivity index (χ0n) is 19.6. The number of aromatic amines is 2. The van der Waals surface area contributed by atoms with E-state index in [9.17, 15) is 4.79 Å². The molecule has 8 heteroatoms. The molecule has 0 saturated carbocycles. The molecule has 4 aromatic heterocycles. The molecule has 0 aliphatic carbocycles. The predicted octanol–water partition coefficient (Wildman–Crippen LogP) is 4.96. The van der Waals surface area contributed by atoms with Gasteiger partial charge in [0.2, 0.25) is 0 Å². The number of nitrogens with one attached hydrogen (secondary N) is 2. The van der Waals surface area contributed by atoms with Crippen LogP contribution in [0.3, 0.4) is 0 Å². The second-order valence-electron chi connectivity index (χ2n) is 9.43. The molecule has 0 radical (unpaired) electrons. The number of nitrogens with zero attached hydrogens (tertiary/aromatic N) is 4. The van der Waals surface area contributed by atoms with Crippen molar-refractivity contribution < 1.29 is 4.79 Å². The van der Waals surface area contributed by atoms with Crippen molar-refractivity contribution in [2.45, 2.75) is 18.8 Å². The van der Waals surface area contributed by atoms with Gasteiger partial charge >= 0.3 is 0 Å². The molecular weight excluding hydrogens is 450 g/mol. The molecular formula is C28H25N7O. The third kappa shape index (κ3) is 3.18. The van der Waals surface area contributed by atoms with Gasteiger partial charge in [0.05, 0.1) is 5.69 Å². The number of likely N-dealkylation sites (tertiary alicyclic amines) is 1. The van der Waals surface area contributed by atoms with E-state index in [2.05, 4.69) is 37.6 Å². The highest BCUT2D eigenvalue weighted by molar-refractivity contribution is 6.06. The Labute approximate surface area is 206 Å². The molecule has 8 nitrogen and oxygen atoms in total. The Balaban J connectivity index is 1.20. The summed E-state index contributed by atoms with van der Waals surface area (Å²) in [6, 6.07) is 18.1. The van der Waals surface area contributed by atoms with Gasteiger partial charge in [-0.1, -0.05) is 24.3 Å². The summed E-state index contributed by atoms with van der Waals surface area (Å²) in [4.78, 5) is 31.4. The molecule has 1 amide bonds. The number of hydrogen-bond donors (Lipinski definition) is 3. The number of nitrogen functional groups attached to an aromatic ring is 1. The van der Waals surface area contributed by atoms with Crippen LogP contribution in [0, 0.1) is 0 Å². The number of piperidine rings is 1. The first-order valence-corrected chi connectivity index (χ1v) is 12.2. The van der Waals surface area contributed by atoms with Gasteiger partial charge in [0.25, 0.3) is 5.91 Å². The van der Waals surface area contributed by atoms with E-state index in [1.54, 1.807) is 6.20 Å². The third-order valence-corrected chi connectivity index (χ3v) is 7.37. The van der Waals surface area contributed by atoms with Crippen molar-refractivity contribution in [2.24, 2.45) is 0 Å². The Morgan fingerprint density at radius 1 is 1.03 bits per heavy atom. The van der Waals surface area contributed by atoms with Crippen molar-refractivity contribution in [3.63, 3.8) is 0 Å². The van der Waals surface area contributed by atoms with Crippen LogP contribution >= 0.6 is 0 Å². The predicted molar refractivity (Wildman–Crippen MR) is 141 cm³/mol. The lowest BCUT2D eigenvalue weighted by molar-refractivity contribution is 0.0713. The molecule has 5 heterocycles. The molecule has 2 aromatic carbocycles. The van der Waals surface area contributed by atoms with Crippen molar-refractivity contribution in [3.05, 3.63) is 84.6 Å². The topological polar surface area (TPSA) is 108 Å². The highest BCUT2D eigenvalue weighted by atomic mass is 16.2. The SMILES string of the molecule is Nc1nccn2c(C3CCN(C(=O)c4cccc5[nH]ccc45)CC3)nc(-c3cc4ccccc4[nH]3)c12. The van der Waals surface area contributed by atoms with Gasteiger partial charge < -0.3 is 20.6 Å². The molecule has 0 spiro atoms.